The fourth-order valence-corrected chi connectivity index (χ4v) is 6.60. The van der Waals surface area contributed by atoms with Crippen molar-refractivity contribution >= 4 is 81.0 Å². The van der Waals surface area contributed by atoms with Gasteiger partial charge in [0.05, 0.1) is 21.4 Å². The molecule has 0 aliphatic heterocycles. The van der Waals surface area contributed by atoms with Crippen molar-refractivity contribution in [3.8, 4) is 22.5 Å². The number of fused-ring (bicyclic) bond motifs is 2. The summed E-state index contributed by atoms with van der Waals surface area (Å²) in [5.74, 6) is 1.29. The number of carbonyl (C=O) groups is 2. The maximum Gasteiger partial charge on any atom is 0.247 e. The number of hydrogen-bond donors (Lipinski definition) is 1. The van der Waals surface area contributed by atoms with Gasteiger partial charge >= 0.3 is 0 Å². The van der Waals surface area contributed by atoms with Crippen LogP contribution >= 0.6 is 46.4 Å². The van der Waals surface area contributed by atoms with E-state index < -0.39 is 0 Å². The zero-order valence-corrected chi connectivity index (χ0v) is 31.2. The number of anilines is 2. The minimum absolute atomic E-state index is 0.0463. The Bertz CT molecular complexity index is 2200. The third-order valence-electron chi connectivity index (χ3n) is 7.87. The molecule has 0 spiro atoms. The molecule has 10 nitrogen and oxygen atoms in total. The maximum absolute atomic E-state index is 12.5. The van der Waals surface area contributed by atoms with E-state index in [1.807, 2.05) is 53.7 Å². The summed E-state index contributed by atoms with van der Waals surface area (Å²) in [5, 5.41) is 14.1. The molecular formula is C35H36Cl4N6O4. The first kappa shape index (κ1) is 36.3. The van der Waals surface area contributed by atoms with Crippen molar-refractivity contribution < 1.29 is 18.4 Å². The molecule has 258 valence electrons. The minimum Gasteiger partial charge on any atom is -0.439 e. The van der Waals surface area contributed by atoms with Crippen LogP contribution in [0.25, 0.3) is 33.9 Å². The second-order valence-corrected chi connectivity index (χ2v) is 13.1. The van der Waals surface area contributed by atoms with Crippen molar-refractivity contribution in [2.45, 2.75) is 67.7 Å². The predicted molar refractivity (Wildman–Crippen MR) is 197 cm³/mol. The first-order valence-corrected chi connectivity index (χ1v) is 17.3. The fraction of sp³-hybridized carbons (Fsp3) is 0.314. The number of amides is 2. The topological polar surface area (TPSA) is 110 Å². The number of nitrogens with one attached hydrogen (secondary N) is 1. The highest BCUT2D eigenvalue weighted by atomic mass is 35.5. The molecule has 0 atom stereocenters. The van der Waals surface area contributed by atoms with Gasteiger partial charge in [-0.1, -0.05) is 67.2 Å². The van der Waals surface area contributed by atoms with Crippen LogP contribution in [0, 0.1) is 27.7 Å². The summed E-state index contributed by atoms with van der Waals surface area (Å²) in [7, 11) is 0. The largest absolute Gasteiger partial charge is 0.439 e. The maximum atomic E-state index is 12.5. The molecule has 6 aromatic rings. The van der Waals surface area contributed by atoms with Gasteiger partial charge in [0.25, 0.3) is 0 Å². The molecule has 0 fully saturated rings. The van der Waals surface area contributed by atoms with Gasteiger partial charge in [-0.2, -0.15) is 19.2 Å². The van der Waals surface area contributed by atoms with E-state index in [2.05, 4.69) is 15.5 Å². The quantitative estimate of drug-likeness (QED) is 0.166. The number of nitrogens with zero attached hydrogens (tertiary/aromatic N) is 5. The Labute approximate surface area is 303 Å². The van der Waals surface area contributed by atoms with E-state index >= 15 is 0 Å². The normalized spacial score (nSPS) is 11.2. The highest BCUT2D eigenvalue weighted by molar-refractivity contribution is 6.37. The average molecular weight is 747 g/mol. The molecule has 1 N–H and O–H groups in total. The van der Waals surface area contributed by atoms with Crippen LogP contribution in [0.1, 0.15) is 62.9 Å². The molecule has 4 aromatic heterocycles. The number of carbonyl (C=O) groups excluding carboxylic acids is 2. The summed E-state index contributed by atoms with van der Waals surface area (Å²) in [5.41, 5.74) is 6.81. The lowest BCUT2D eigenvalue weighted by Crippen LogP contribution is -2.31. The van der Waals surface area contributed by atoms with Crippen LogP contribution in [-0.4, -0.2) is 37.6 Å². The van der Waals surface area contributed by atoms with E-state index in [0.29, 0.717) is 73.8 Å². The standard InChI is InChI=1S/C19H21Cl2N3O2.C16H15Cl2N3O2/c1-5-9-23(16(25)6-2)17-11(3)22-24-18(12(4)26-19(17)24)14-8-7-13(20)10-15(14)21;1-4-13(22)19-14-8(2)20-21-15(9(3)23-16(14)21)11-6-5-10(17)7-12(11)18/h7-8,10H,5-6,9H2,1-4H3;5-7H,4H2,1-3H3,(H,19,22). The van der Waals surface area contributed by atoms with Gasteiger partial charge in [-0.15, -0.1) is 0 Å². The van der Waals surface area contributed by atoms with Crippen molar-refractivity contribution in [3.05, 3.63) is 79.4 Å². The molecule has 0 unspecified atom stereocenters. The molecule has 2 amide bonds. The van der Waals surface area contributed by atoms with Crippen molar-refractivity contribution in [3.63, 3.8) is 0 Å². The lowest BCUT2D eigenvalue weighted by molar-refractivity contribution is -0.118. The average Bonchev–Trinajstić information content (AvgIpc) is 3.73. The molecule has 4 heterocycles. The van der Waals surface area contributed by atoms with E-state index in [4.69, 9.17) is 55.2 Å². The fourth-order valence-electron chi connectivity index (χ4n) is 5.61. The van der Waals surface area contributed by atoms with Gasteiger partial charge in [-0.25, -0.2) is 0 Å². The predicted octanol–water partition coefficient (Wildman–Crippen LogP) is 10.5. The molecule has 0 bridgehead atoms. The highest BCUT2D eigenvalue weighted by Gasteiger charge is 2.27. The van der Waals surface area contributed by atoms with Gasteiger partial charge < -0.3 is 19.1 Å². The van der Waals surface area contributed by atoms with Crippen LogP contribution in [-0.2, 0) is 9.59 Å². The molecule has 14 heteroatoms. The number of benzene rings is 2. The summed E-state index contributed by atoms with van der Waals surface area (Å²) in [6.07, 6.45) is 1.65. The third-order valence-corrected chi connectivity index (χ3v) is 8.97. The van der Waals surface area contributed by atoms with Crippen LogP contribution in [0.3, 0.4) is 0 Å². The van der Waals surface area contributed by atoms with Crippen LogP contribution < -0.4 is 10.2 Å². The summed E-state index contributed by atoms with van der Waals surface area (Å²) in [6, 6.07) is 10.6. The van der Waals surface area contributed by atoms with E-state index in [1.165, 1.54) is 0 Å². The Morgan fingerprint density at radius 2 is 1.27 bits per heavy atom. The van der Waals surface area contributed by atoms with E-state index in [-0.39, 0.29) is 11.8 Å². The molecule has 2 aromatic carbocycles. The van der Waals surface area contributed by atoms with Crippen LogP contribution in [0.15, 0.2) is 45.2 Å². The van der Waals surface area contributed by atoms with Crippen LogP contribution in [0.2, 0.25) is 20.1 Å². The number of aryl methyl sites for hydroxylation is 4. The van der Waals surface area contributed by atoms with Gasteiger partial charge in [0.15, 0.2) is 0 Å². The summed E-state index contributed by atoms with van der Waals surface area (Å²) >= 11 is 24.7. The molecule has 0 saturated heterocycles. The smallest absolute Gasteiger partial charge is 0.247 e. The SMILES string of the molecule is CCC(=O)Nc1c(C)nn2c(-c3ccc(Cl)cc3Cl)c(C)oc12.CCCN(C(=O)CC)c1c(C)nn2c(-c3ccc(Cl)cc3Cl)c(C)oc12. The minimum atomic E-state index is -0.0943. The number of rotatable bonds is 8. The zero-order chi connectivity index (χ0) is 35.7. The summed E-state index contributed by atoms with van der Waals surface area (Å²) in [4.78, 5) is 25.9. The molecule has 0 radical (unpaired) electrons. The number of oxazole rings is 2. The Balaban J connectivity index is 0.000000192. The zero-order valence-electron chi connectivity index (χ0n) is 28.2. The first-order valence-electron chi connectivity index (χ1n) is 15.8. The Hall–Kier alpha value is -3.96. The second kappa shape index (κ2) is 14.9. The monoisotopic (exact) mass is 744 g/mol. The molecule has 6 rings (SSSR count). The van der Waals surface area contributed by atoms with E-state index in [0.717, 1.165) is 40.3 Å². The van der Waals surface area contributed by atoms with Crippen molar-refractivity contribution in [2.75, 3.05) is 16.8 Å². The van der Waals surface area contributed by atoms with Crippen molar-refractivity contribution in [1.82, 2.24) is 19.2 Å². The van der Waals surface area contributed by atoms with Gasteiger partial charge in [0.1, 0.15) is 34.3 Å². The molecule has 0 aliphatic carbocycles. The summed E-state index contributed by atoms with van der Waals surface area (Å²) in [6.45, 7) is 13.7. The van der Waals surface area contributed by atoms with Gasteiger partial charge in [-0.05, 0) is 70.5 Å². The highest BCUT2D eigenvalue weighted by Crippen LogP contribution is 2.39. The first-order chi connectivity index (χ1) is 23.3. The molecule has 0 saturated carbocycles. The van der Waals surface area contributed by atoms with Crippen molar-refractivity contribution in [2.24, 2.45) is 0 Å². The third kappa shape index (κ3) is 7.05. The second-order valence-electron chi connectivity index (χ2n) is 11.4. The lowest BCUT2D eigenvalue weighted by atomic mass is 10.1. The van der Waals surface area contributed by atoms with E-state index in [9.17, 15) is 9.59 Å². The van der Waals surface area contributed by atoms with Crippen LogP contribution in [0.4, 0.5) is 11.4 Å². The number of hydrogen-bond acceptors (Lipinski definition) is 6. The Morgan fingerprint density at radius 3 is 1.76 bits per heavy atom. The molecular weight excluding hydrogens is 710 g/mol. The lowest BCUT2D eigenvalue weighted by Gasteiger charge is -2.20. The van der Waals surface area contributed by atoms with E-state index in [1.54, 1.807) is 45.1 Å². The van der Waals surface area contributed by atoms with Gasteiger partial charge in [-0.3, -0.25) is 9.59 Å². The number of halogens is 4. The molecule has 49 heavy (non-hydrogen) atoms. The van der Waals surface area contributed by atoms with Gasteiger partial charge in [0.2, 0.25) is 23.2 Å². The number of aromatic nitrogens is 4. The molecule has 0 aliphatic rings. The summed E-state index contributed by atoms with van der Waals surface area (Å²) < 4.78 is 15.2. The van der Waals surface area contributed by atoms with Gasteiger partial charge in [0, 0.05) is 40.6 Å². The van der Waals surface area contributed by atoms with Crippen LogP contribution in [0.5, 0.6) is 0 Å². The Kier molecular flexibility index (Phi) is 11.0. The Morgan fingerprint density at radius 1 is 0.755 bits per heavy atom. The van der Waals surface area contributed by atoms with Crippen molar-refractivity contribution in [1.29, 1.82) is 0 Å².